The van der Waals surface area contributed by atoms with Gasteiger partial charge in [-0.2, -0.15) is 0 Å². The van der Waals surface area contributed by atoms with Crippen LogP contribution in [0.15, 0.2) is 0 Å². The van der Waals surface area contributed by atoms with Crippen LogP contribution >= 0.6 is 22.6 Å². The van der Waals surface area contributed by atoms with Gasteiger partial charge < -0.3 is 9.84 Å². The molecule has 4 heteroatoms. The molecule has 1 aliphatic rings. The zero-order valence-electron chi connectivity index (χ0n) is 4.00. The largest absolute Gasteiger partial charge is 0.462 e. The third-order valence-corrected chi connectivity index (χ3v) is 2.30. The van der Waals surface area contributed by atoms with Crippen molar-refractivity contribution in [2.45, 2.75) is 10.0 Å². The Labute approximate surface area is 60.2 Å². The SMILES string of the molecule is O=C1OCC(O)C1I. The van der Waals surface area contributed by atoms with Crippen LogP contribution in [0.5, 0.6) is 0 Å². The van der Waals surface area contributed by atoms with Crippen LogP contribution in [-0.2, 0) is 9.53 Å². The molecule has 0 spiro atoms. The number of alkyl halides is 1. The third kappa shape index (κ3) is 0.947. The average Bonchev–Trinajstić information content (AvgIpc) is 1.98. The lowest BCUT2D eigenvalue weighted by Gasteiger charge is -1.95. The number of ether oxygens (including phenoxy) is 1. The highest BCUT2D eigenvalue weighted by Crippen LogP contribution is 2.15. The fourth-order valence-electron chi connectivity index (χ4n) is 0.489. The fourth-order valence-corrected chi connectivity index (χ4v) is 0.876. The number of carbonyl (C=O) groups is 1. The summed E-state index contributed by atoms with van der Waals surface area (Å²) in [6.45, 7) is 0.159. The molecular weight excluding hydrogens is 223 g/mol. The van der Waals surface area contributed by atoms with E-state index >= 15 is 0 Å². The average molecular weight is 228 g/mol. The molecule has 1 heterocycles. The molecule has 2 unspecified atom stereocenters. The van der Waals surface area contributed by atoms with E-state index in [4.69, 9.17) is 5.11 Å². The lowest BCUT2D eigenvalue weighted by Crippen LogP contribution is -2.19. The molecule has 3 nitrogen and oxygen atoms in total. The molecule has 0 bridgehead atoms. The predicted molar refractivity (Wildman–Crippen MR) is 34.8 cm³/mol. The normalized spacial score (nSPS) is 37.5. The number of esters is 1. The Morgan fingerprint density at radius 1 is 1.88 bits per heavy atom. The summed E-state index contributed by atoms with van der Waals surface area (Å²) in [5.74, 6) is -0.307. The fraction of sp³-hybridized carbons (Fsp3) is 0.750. The molecule has 1 saturated heterocycles. The molecule has 8 heavy (non-hydrogen) atoms. The zero-order chi connectivity index (χ0) is 6.15. The standard InChI is InChI=1S/C4H5IO3/c5-3-2(6)1-8-4(3)7/h2-3,6H,1H2. The molecule has 0 radical (unpaired) electrons. The Morgan fingerprint density at radius 2 is 2.50 bits per heavy atom. The maximum Gasteiger partial charge on any atom is 0.321 e. The first-order chi connectivity index (χ1) is 3.72. The zero-order valence-corrected chi connectivity index (χ0v) is 6.16. The van der Waals surface area contributed by atoms with Crippen LogP contribution in [0.25, 0.3) is 0 Å². The minimum absolute atomic E-state index is 0.159. The molecule has 1 aliphatic heterocycles. The maximum atomic E-state index is 10.4. The van der Waals surface area contributed by atoms with Gasteiger partial charge in [0.2, 0.25) is 0 Å². The quantitative estimate of drug-likeness (QED) is 0.352. The molecule has 0 aromatic heterocycles. The van der Waals surface area contributed by atoms with Gasteiger partial charge in [0.05, 0.1) is 0 Å². The van der Waals surface area contributed by atoms with E-state index in [2.05, 4.69) is 4.74 Å². The van der Waals surface area contributed by atoms with Crippen LogP contribution in [0.4, 0.5) is 0 Å². The minimum Gasteiger partial charge on any atom is -0.462 e. The van der Waals surface area contributed by atoms with Gasteiger partial charge in [-0.3, -0.25) is 4.79 Å². The van der Waals surface area contributed by atoms with Crippen molar-refractivity contribution in [1.82, 2.24) is 0 Å². The van der Waals surface area contributed by atoms with Gasteiger partial charge in [0.15, 0.2) is 0 Å². The Hall–Kier alpha value is 0.160. The van der Waals surface area contributed by atoms with Crippen molar-refractivity contribution in [3.63, 3.8) is 0 Å². The summed E-state index contributed by atoms with van der Waals surface area (Å²) in [4.78, 5) is 10.4. The molecule has 0 amide bonds. The van der Waals surface area contributed by atoms with E-state index in [1.807, 2.05) is 22.6 Å². The summed E-state index contributed by atoms with van der Waals surface area (Å²) in [6, 6.07) is 0. The summed E-state index contributed by atoms with van der Waals surface area (Å²) in [6.07, 6.45) is -0.594. The second-order valence-corrected chi connectivity index (χ2v) is 2.94. The van der Waals surface area contributed by atoms with Crippen molar-refractivity contribution in [3.05, 3.63) is 0 Å². The first-order valence-electron chi connectivity index (χ1n) is 2.20. The number of hydrogen-bond acceptors (Lipinski definition) is 3. The van der Waals surface area contributed by atoms with Crippen LogP contribution in [0.2, 0.25) is 0 Å². The van der Waals surface area contributed by atoms with Crippen molar-refractivity contribution in [3.8, 4) is 0 Å². The summed E-state index contributed by atoms with van der Waals surface area (Å²) < 4.78 is 4.13. The van der Waals surface area contributed by atoms with Crippen LogP contribution < -0.4 is 0 Å². The highest BCUT2D eigenvalue weighted by molar-refractivity contribution is 14.1. The summed E-state index contributed by atoms with van der Waals surface area (Å²) in [5, 5.41) is 8.81. The van der Waals surface area contributed by atoms with E-state index in [1.165, 1.54) is 0 Å². The van der Waals surface area contributed by atoms with Gasteiger partial charge in [0.25, 0.3) is 0 Å². The van der Waals surface area contributed by atoms with E-state index in [9.17, 15) is 4.79 Å². The number of halogens is 1. The Bertz CT molecular complexity index is 114. The van der Waals surface area contributed by atoms with Crippen molar-refractivity contribution >= 4 is 28.6 Å². The molecular formula is C4H5IO3. The summed E-state index contributed by atoms with van der Waals surface area (Å²) in [5.41, 5.74) is 0. The number of carbonyl (C=O) groups excluding carboxylic acids is 1. The van der Waals surface area contributed by atoms with Crippen LogP contribution in [0.3, 0.4) is 0 Å². The second-order valence-electron chi connectivity index (χ2n) is 1.60. The van der Waals surface area contributed by atoms with Gasteiger partial charge >= 0.3 is 5.97 Å². The molecule has 0 aromatic rings. The number of cyclic esters (lactones) is 1. The molecule has 2 atom stereocenters. The molecule has 0 saturated carbocycles. The monoisotopic (exact) mass is 228 g/mol. The van der Waals surface area contributed by atoms with E-state index in [1.54, 1.807) is 0 Å². The van der Waals surface area contributed by atoms with Crippen LogP contribution in [0, 0.1) is 0 Å². The van der Waals surface area contributed by atoms with Gasteiger partial charge in [-0.1, -0.05) is 22.6 Å². The molecule has 0 aromatic carbocycles. The summed E-state index contributed by atoms with van der Waals surface area (Å²) in [7, 11) is 0. The Morgan fingerprint density at radius 3 is 2.62 bits per heavy atom. The molecule has 1 fully saturated rings. The van der Waals surface area contributed by atoms with E-state index < -0.39 is 6.10 Å². The molecule has 46 valence electrons. The summed E-state index contributed by atoms with van der Waals surface area (Å²) >= 11 is 1.86. The first-order valence-corrected chi connectivity index (χ1v) is 3.45. The number of rotatable bonds is 0. The first kappa shape index (κ1) is 6.28. The van der Waals surface area contributed by atoms with Gasteiger partial charge in [-0.05, 0) is 0 Å². The second kappa shape index (κ2) is 2.18. The van der Waals surface area contributed by atoms with Crippen molar-refractivity contribution in [1.29, 1.82) is 0 Å². The third-order valence-electron chi connectivity index (χ3n) is 0.959. The predicted octanol–water partition coefficient (Wildman–Crippen LogP) is -0.292. The Kier molecular flexibility index (Phi) is 1.71. The minimum atomic E-state index is -0.594. The van der Waals surface area contributed by atoms with Gasteiger partial charge in [0.1, 0.15) is 16.6 Å². The number of aliphatic hydroxyl groups excluding tert-OH is 1. The molecule has 1 rings (SSSR count). The van der Waals surface area contributed by atoms with Crippen LogP contribution in [-0.4, -0.2) is 27.7 Å². The van der Waals surface area contributed by atoms with Crippen molar-refractivity contribution in [2.24, 2.45) is 0 Å². The van der Waals surface area contributed by atoms with Gasteiger partial charge in [-0.15, -0.1) is 0 Å². The van der Waals surface area contributed by atoms with E-state index in [0.717, 1.165) is 0 Å². The topological polar surface area (TPSA) is 46.5 Å². The molecule has 0 aliphatic carbocycles. The lowest BCUT2D eigenvalue weighted by molar-refractivity contribution is -0.137. The van der Waals surface area contributed by atoms with E-state index in [0.29, 0.717) is 0 Å². The molecule has 1 N–H and O–H groups in total. The maximum absolute atomic E-state index is 10.4. The number of hydrogen-bond donors (Lipinski definition) is 1. The van der Waals surface area contributed by atoms with Crippen LogP contribution in [0.1, 0.15) is 0 Å². The highest BCUT2D eigenvalue weighted by Gasteiger charge is 2.32. The highest BCUT2D eigenvalue weighted by atomic mass is 127. The number of aliphatic hydroxyl groups is 1. The van der Waals surface area contributed by atoms with E-state index in [-0.39, 0.29) is 16.5 Å². The Balaban J connectivity index is 2.56. The smallest absolute Gasteiger partial charge is 0.321 e. The lowest BCUT2D eigenvalue weighted by atomic mass is 10.3. The van der Waals surface area contributed by atoms with Gasteiger partial charge in [0, 0.05) is 0 Å². The van der Waals surface area contributed by atoms with Gasteiger partial charge in [-0.25, -0.2) is 0 Å². The van der Waals surface area contributed by atoms with Crippen molar-refractivity contribution in [2.75, 3.05) is 6.61 Å². The van der Waals surface area contributed by atoms with Crippen molar-refractivity contribution < 1.29 is 14.6 Å².